The maximum absolute atomic E-state index is 13.6. The van der Waals surface area contributed by atoms with Crippen LogP contribution in [0.25, 0.3) is 0 Å². The molecule has 0 spiro atoms. The third-order valence-electron chi connectivity index (χ3n) is 4.41. The summed E-state index contributed by atoms with van der Waals surface area (Å²) in [7, 11) is 0. The Bertz CT molecular complexity index is 940. The molecule has 1 aliphatic heterocycles. The Balaban J connectivity index is 1.85. The maximum atomic E-state index is 13.6. The monoisotopic (exact) mass is 426 g/mol. The zero-order valence-electron chi connectivity index (χ0n) is 15.6. The highest BCUT2D eigenvalue weighted by molar-refractivity contribution is 6.30. The van der Waals surface area contributed by atoms with Crippen LogP contribution in [0.5, 0.6) is 5.75 Å². The van der Waals surface area contributed by atoms with Gasteiger partial charge in [0.2, 0.25) is 0 Å². The lowest BCUT2D eigenvalue weighted by atomic mass is 10.0. The maximum Gasteiger partial charge on any atom is 0.438 e. The van der Waals surface area contributed by atoms with Crippen LogP contribution in [0.1, 0.15) is 23.1 Å². The summed E-state index contributed by atoms with van der Waals surface area (Å²) >= 11 is 5.80. The number of hydrazone groups is 1. The van der Waals surface area contributed by atoms with Crippen LogP contribution in [0.2, 0.25) is 5.02 Å². The normalized spacial score (nSPS) is 19.3. The Morgan fingerprint density at radius 3 is 2.34 bits per heavy atom. The first-order valence-corrected chi connectivity index (χ1v) is 9.04. The predicted octanol–water partition coefficient (Wildman–Crippen LogP) is 4.22. The van der Waals surface area contributed by atoms with Gasteiger partial charge in [0.1, 0.15) is 5.75 Å². The number of nitrogens with zero attached hydrogens (tertiary/aromatic N) is 2. The lowest BCUT2D eigenvalue weighted by Gasteiger charge is -2.32. The first-order valence-electron chi connectivity index (χ1n) is 8.66. The van der Waals surface area contributed by atoms with Crippen LogP contribution in [0.15, 0.2) is 47.6 Å². The third kappa shape index (κ3) is 4.38. The van der Waals surface area contributed by atoms with Crippen molar-refractivity contribution >= 4 is 23.2 Å². The second-order valence-electron chi connectivity index (χ2n) is 6.86. The molecule has 1 aliphatic rings. The molecule has 5 nitrogen and oxygen atoms in total. The number of hydrogen-bond acceptors (Lipinski definition) is 4. The molecule has 3 rings (SSSR count). The van der Waals surface area contributed by atoms with Crippen molar-refractivity contribution in [2.75, 3.05) is 6.61 Å². The number of hydrogen-bond donors (Lipinski definition) is 1. The summed E-state index contributed by atoms with van der Waals surface area (Å²) in [6, 6.07) is 11.1. The van der Waals surface area contributed by atoms with E-state index in [1.54, 1.807) is 12.1 Å². The van der Waals surface area contributed by atoms with Gasteiger partial charge in [-0.05, 0) is 54.8 Å². The van der Waals surface area contributed by atoms with Gasteiger partial charge in [0.25, 0.3) is 11.6 Å². The molecule has 9 heteroatoms. The molecule has 1 heterocycles. The molecule has 154 valence electrons. The van der Waals surface area contributed by atoms with Gasteiger partial charge in [-0.15, -0.1) is 0 Å². The average Bonchev–Trinajstić information content (AvgIpc) is 2.98. The minimum atomic E-state index is -5.11. The van der Waals surface area contributed by atoms with E-state index < -0.39 is 30.8 Å². The van der Waals surface area contributed by atoms with E-state index in [9.17, 15) is 23.1 Å². The van der Waals surface area contributed by atoms with E-state index >= 15 is 0 Å². The van der Waals surface area contributed by atoms with Crippen molar-refractivity contribution in [2.45, 2.75) is 32.2 Å². The van der Waals surface area contributed by atoms with Gasteiger partial charge >= 0.3 is 6.18 Å². The summed E-state index contributed by atoms with van der Waals surface area (Å²) in [5.41, 5.74) is -1.46. The molecule has 0 fully saturated rings. The highest BCUT2D eigenvalue weighted by Gasteiger charge is 2.63. The number of aliphatic hydroxyl groups is 1. The summed E-state index contributed by atoms with van der Waals surface area (Å²) in [6.45, 7) is 2.94. The average molecular weight is 427 g/mol. The zero-order chi connectivity index (χ0) is 21.4. The highest BCUT2D eigenvalue weighted by atomic mass is 35.5. The predicted molar refractivity (Wildman–Crippen MR) is 102 cm³/mol. The van der Waals surface area contributed by atoms with Crippen LogP contribution in [0, 0.1) is 13.8 Å². The van der Waals surface area contributed by atoms with Crippen molar-refractivity contribution in [3.8, 4) is 5.75 Å². The molecule has 0 aliphatic carbocycles. The molecule has 1 atom stereocenters. The molecule has 1 amide bonds. The van der Waals surface area contributed by atoms with Crippen molar-refractivity contribution in [3.05, 3.63) is 64.2 Å². The fourth-order valence-electron chi connectivity index (χ4n) is 3.05. The Kier molecular flexibility index (Phi) is 5.60. The minimum Gasteiger partial charge on any atom is -0.484 e. The van der Waals surface area contributed by atoms with E-state index in [1.807, 2.05) is 19.9 Å². The number of halogens is 4. The van der Waals surface area contributed by atoms with Gasteiger partial charge in [0, 0.05) is 5.02 Å². The fourth-order valence-corrected chi connectivity index (χ4v) is 3.18. The number of alkyl halides is 3. The SMILES string of the molecule is Cc1cc(C)cc(OCC(=O)N2N=C(c3ccc(Cl)cc3)C[C@]2(O)C(F)(F)F)c1. The lowest BCUT2D eigenvalue weighted by Crippen LogP contribution is -2.57. The summed E-state index contributed by atoms with van der Waals surface area (Å²) in [6.07, 6.45) is -6.01. The Morgan fingerprint density at radius 1 is 1.21 bits per heavy atom. The second kappa shape index (κ2) is 7.68. The molecule has 0 saturated carbocycles. The van der Waals surface area contributed by atoms with Gasteiger partial charge in [-0.2, -0.15) is 23.3 Å². The van der Waals surface area contributed by atoms with E-state index in [0.29, 0.717) is 16.3 Å². The van der Waals surface area contributed by atoms with E-state index in [1.165, 1.54) is 24.3 Å². The number of aryl methyl sites for hydroxylation is 2. The van der Waals surface area contributed by atoms with Crippen molar-refractivity contribution in [1.29, 1.82) is 0 Å². The van der Waals surface area contributed by atoms with Crippen molar-refractivity contribution < 1.29 is 27.8 Å². The Morgan fingerprint density at radius 2 is 1.79 bits per heavy atom. The van der Waals surface area contributed by atoms with Gasteiger partial charge in [-0.25, -0.2) is 0 Å². The van der Waals surface area contributed by atoms with Crippen LogP contribution in [-0.2, 0) is 4.79 Å². The van der Waals surface area contributed by atoms with E-state index in [4.69, 9.17) is 16.3 Å². The van der Waals surface area contributed by atoms with Crippen LogP contribution in [-0.4, -0.2) is 40.2 Å². The highest BCUT2D eigenvalue weighted by Crippen LogP contribution is 2.41. The molecule has 1 N–H and O–H groups in total. The Hall–Kier alpha value is -2.58. The van der Waals surface area contributed by atoms with Crippen LogP contribution < -0.4 is 4.74 Å². The van der Waals surface area contributed by atoms with Crippen LogP contribution in [0.4, 0.5) is 13.2 Å². The quantitative estimate of drug-likeness (QED) is 0.796. The first-order chi connectivity index (χ1) is 13.5. The minimum absolute atomic E-state index is 0.0552. The topological polar surface area (TPSA) is 62.1 Å². The lowest BCUT2D eigenvalue weighted by molar-refractivity contribution is -0.302. The molecular weight excluding hydrogens is 409 g/mol. The molecule has 0 radical (unpaired) electrons. The number of carbonyl (C=O) groups is 1. The number of amides is 1. The van der Waals surface area contributed by atoms with Crippen molar-refractivity contribution in [2.24, 2.45) is 5.10 Å². The summed E-state index contributed by atoms with van der Waals surface area (Å²) < 4.78 is 46.1. The largest absolute Gasteiger partial charge is 0.484 e. The Labute approximate surface area is 170 Å². The molecule has 0 bridgehead atoms. The number of benzene rings is 2. The molecule has 2 aromatic rings. The van der Waals surface area contributed by atoms with Gasteiger partial charge < -0.3 is 9.84 Å². The smallest absolute Gasteiger partial charge is 0.438 e. The standard InChI is InChI=1S/C20H18ClF3N2O3/c1-12-7-13(2)9-16(8-12)29-11-18(27)26-19(28,20(22,23)24)10-17(25-26)14-3-5-15(21)6-4-14/h3-9,28H,10-11H2,1-2H3/t19-/m0/s1. The van der Waals surface area contributed by atoms with Crippen LogP contribution in [0.3, 0.4) is 0 Å². The second-order valence-corrected chi connectivity index (χ2v) is 7.30. The molecule has 0 unspecified atom stereocenters. The van der Waals surface area contributed by atoms with Gasteiger partial charge in [-0.1, -0.05) is 29.8 Å². The summed E-state index contributed by atoms with van der Waals surface area (Å²) in [4.78, 5) is 12.5. The van der Waals surface area contributed by atoms with Gasteiger partial charge in [0.15, 0.2) is 6.61 Å². The fraction of sp³-hybridized carbons (Fsp3) is 0.300. The number of rotatable bonds is 4. The first kappa shape index (κ1) is 21.1. The number of ether oxygens (including phenoxy) is 1. The van der Waals surface area contributed by atoms with Gasteiger partial charge in [0.05, 0.1) is 12.1 Å². The van der Waals surface area contributed by atoms with Crippen molar-refractivity contribution in [3.63, 3.8) is 0 Å². The molecule has 2 aromatic carbocycles. The van der Waals surface area contributed by atoms with E-state index in [2.05, 4.69) is 5.10 Å². The number of carbonyl (C=O) groups excluding carboxylic acids is 1. The van der Waals surface area contributed by atoms with Crippen LogP contribution >= 0.6 is 11.6 Å². The summed E-state index contributed by atoms with van der Waals surface area (Å²) in [5, 5.41) is 14.5. The molecule has 0 aromatic heterocycles. The summed E-state index contributed by atoms with van der Waals surface area (Å²) in [5.74, 6) is -0.777. The van der Waals surface area contributed by atoms with Gasteiger partial charge in [-0.3, -0.25) is 4.79 Å². The zero-order valence-corrected chi connectivity index (χ0v) is 16.4. The molecule has 0 saturated heterocycles. The molecular formula is C20H18ClF3N2O3. The molecule has 29 heavy (non-hydrogen) atoms. The van der Waals surface area contributed by atoms with E-state index in [0.717, 1.165) is 11.1 Å². The van der Waals surface area contributed by atoms with E-state index in [-0.39, 0.29) is 10.7 Å². The third-order valence-corrected chi connectivity index (χ3v) is 4.66. The van der Waals surface area contributed by atoms with Crippen molar-refractivity contribution in [1.82, 2.24) is 5.01 Å².